The van der Waals surface area contributed by atoms with Crippen molar-refractivity contribution >= 4 is 11.9 Å². The summed E-state index contributed by atoms with van der Waals surface area (Å²) in [6.45, 7) is 4.38. The fourth-order valence-electron chi connectivity index (χ4n) is 2.20. The fraction of sp³-hybridized carbons (Fsp3) is 0.300. The number of hydrogen-bond acceptors (Lipinski definition) is 5. The van der Waals surface area contributed by atoms with Crippen LogP contribution in [-0.2, 0) is 20.9 Å². The Kier molecular flexibility index (Phi) is 6.57. The van der Waals surface area contributed by atoms with Crippen molar-refractivity contribution in [1.29, 1.82) is 0 Å². The maximum absolute atomic E-state index is 11.8. The molecule has 0 aliphatic rings. The molecule has 0 amide bonds. The van der Waals surface area contributed by atoms with Crippen LogP contribution in [0.1, 0.15) is 33.5 Å². The van der Waals surface area contributed by atoms with Gasteiger partial charge in [-0.2, -0.15) is 0 Å². The molecule has 132 valence electrons. The van der Waals surface area contributed by atoms with Crippen molar-refractivity contribution in [1.82, 2.24) is 0 Å². The van der Waals surface area contributed by atoms with Gasteiger partial charge in [0, 0.05) is 0 Å². The van der Waals surface area contributed by atoms with Gasteiger partial charge in [-0.1, -0.05) is 24.3 Å². The first-order valence-electron chi connectivity index (χ1n) is 8.02. The van der Waals surface area contributed by atoms with Crippen molar-refractivity contribution in [3.63, 3.8) is 0 Å². The van der Waals surface area contributed by atoms with Crippen LogP contribution in [0.5, 0.6) is 5.75 Å². The molecule has 0 radical (unpaired) electrons. The molecule has 0 atom stereocenters. The molecule has 2 aromatic rings. The molecular weight excluding hydrogens is 320 g/mol. The lowest BCUT2D eigenvalue weighted by Crippen LogP contribution is -2.10. The Morgan fingerprint density at radius 2 is 1.72 bits per heavy atom. The largest absolute Gasteiger partial charge is 0.493 e. The van der Waals surface area contributed by atoms with E-state index in [9.17, 15) is 9.59 Å². The zero-order chi connectivity index (χ0) is 18.2. The van der Waals surface area contributed by atoms with E-state index >= 15 is 0 Å². The smallest absolute Gasteiger partial charge is 0.337 e. The van der Waals surface area contributed by atoms with Gasteiger partial charge in [0.05, 0.1) is 25.7 Å². The molecule has 25 heavy (non-hydrogen) atoms. The highest BCUT2D eigenvalue weighted by molar-refractivity contribution is 5.89. The Morgan fingerprint density at radius 3 is 2.40 bits per heavy atom. The van der Waals surface area contributed by atoms with Gasteiger partial charge in [-0.25, -0.2) is 4.79 Å². The normalized spacial score (nSPS) is 10.2. The quantitative estimate of drug-likeness (QED) is 0.720. The number of hydrogen-bond donors (Lipinski definition) is 0. The molecule has 0 bridgehead atoms. The topological polar surface area (TPSA) is 61.8 Å². The van der Waals surface area contributed by atoms with Crippen LogP contribution in [0.15, 0.2) is 42.5 Å². The molecule has 0 fully saturated rings. The van der Waals surface area contributed by atoms with Gasteiger partial charge in [-0.05, 0) is 48.7 Å². The van der Waals surface area contributed by atoms with Crippen LogP contribution < -0.4 is 4.74 Å². The van der Waals surface area contributed by atoms with E-state index < -0.39 is 5.97 Å². The molecule has 0 aromatic heterocycles. The number of esters is 2. The predicted molar refractivity (Wildman–Crippen MR) is 93.6 cm³/mol. The Balaban J connectivity index is 1.75. The molecule has 0 aliphatic carbocycles. The lowest BCUT2D eigenvalue weighted by Gasteiger charge is -2.10. The van der Waals surface area contributed by atoms with E-state index in [1.807, 2.05) is 32.0 Å². The lowest BCUT2D eigenvalue weighted by molar-refractivity contribution is -0.145. The lowest BCUT2D eigenvalue weighted by atomic mass is 10.1. The molecule has 0 N–H and O–H groups in total. The van der Waals surface area contributed by atoms with E-state index in [-0.39, 0.29) is 25.6 Å². The van der Waals surface area contributed by atoms with Crippen molar-refractivity contribution < 1.29 is 23.8 Å². The summed E-state index contributed by atoms with van der Waals surface area (Å²) in [4.78, 5) is 23.2. The number of rotatable bonds is 7. The molecule has 0 unspecified atom stereocenters. The zero-order valence-electron chi connectivity index (χ0n) is 14.7. The van der Waals surface area contributed by atoms with Crippen molar-refractivity contribution in [2.75, 3.05) is 13.7 Å². The monoisotopic (exact) mass is 342 g/mol. The first-order chi connectivity index (χ1) is 12.0. The molecule has 0 aliphatic heterocycles. The van der Waals surface area contributed by atoms with Crippen molar-refractivity contribution in [3.8, 4) is 5.75 Å². The zero-order valence-corrected chi connectivity index (χ0v) is 14.7. The summed E-state index contributed by atoms with van der Waals surface area (Å²) >= 11 is 0. The van der Waals surface area contributed by atoms with Gasteiger partial charge in [0.25, 0.3) is 0 Å². The van der Waals surface area contributed by atoms with Gasteiger partial charge in [-0.3, -0.25) is 4.79 Å². The highest BCUT2D eigenvalue weighted by Gasteiger charge is 2.07. The first-order valence-corrected chi connectivity index (χ1v) is 8.02. The third-order valence-electron chi connectivity index (χ3n) is 3.68. The van der Waals surface area contributed by atoms with Crippen LogP contribution in [0, 0.1) is 13.8 Å². The summed E-state index contributed by atoms with van der Waals surface area (Å²) in [5.41, 5.74) is 3.40. The number of carbonyl (C=O) groups excluding carboxylic acids is 2. The van der Waals surface area contributed by atoms with Crippen LogP contribution in [-0.4, -0.2) is 25.7 Å². The molecule has 0 heterocycles. The number of benzene rings is 2. The number of methoxy groups -OCH3 is 1. The molecule has 2 aromatic carbocycles. The van der Waals surface area contributed by atoms with E-state index in [1.165, 1.54) is 7.11 Å². The van der Waals surface area contributed by atoms with E-state index in [0.717, 1.165) is 22.4 Å². The Bertz CT molecular complexity index is 734. The highest BCUT2D eigenvalue weighted by atomic mass is 16.5. The second kappa shape index (κ2) is 8.87. The van der Waals surface area contributed by atoms with Gasteiger partial charge in [-0.15, -0.1) is 0 Å². The van der Waals surface area contributed by atoms with Gasteiger partial charge < -0.3 is 14.2 Å². The van der Waals surface area contributed by atoms with Crippen LogP contribution in [0.4, 0.5) is 0 Å². The van der Waals surface area contributed by atoms with Crippen molar-refractivity contribution in [3.05, 3.63) is 64.7 Å². The molecule has 2 rings (SSSR count). The summed E-state index contributed by atoms with van der Waals surface area (Å²) in [5, 5.41) is 0. The Hall–Kier alpha value is -2.82. The van der Waals surface area contributed by atoms with Crippen LogP contribution in [0.2, 0.25) is 0 Å². The third kappa shape index (κ3) is 5.64. The summed E-state index contributed by atoms with van der Waals surface area (Å²) in [6.07, 6.45) is 0.174. The Morgan fingerprint density at radius 1 is 1.00 bits per heavy atom. The van der Waals surface area contributed by atoms with Gasteiger partial charge in [0.15, 0.2) is 0 Å². The third-order valence-corrected chi connectivity index (χ3v) is 3.68. The SMILES string of the molecule is COC(=O)c1ccc(COC(=O)CCOc2cc(C)ccc2C)cc1. The van der Waals surface area contributed by atoms with Crippen molar-refractivity contribution in [2.24, 2.45) is 0 Å². The number of ether oxygens (including phenoxy) is 3. The average Bonchev–Trinajstić information content (AvgIpc) is 2.62. The number of aryl methyl sites for hydroxylation is 2. The first kappa shape index (κ1) is 18.5. The van der Waals surface area contributed by atoms with Crippen LogP contribution >= 0.6 is 0 Å². The Labute approximate surface area is 147 Å². The summed E-state index contributed by atoms with van der Waals surface area (Å²) in [6, 6.07) is 12.7. The van der Waals surface area contributed by atoms with Gasteiger partial charge >= 0.3 is 11.9 Å². The van der Waals surface area contributed by atoms with E-state index in [2.05, 4.69) is 4.74 Å². The molecule has 0 saturated carbocycles. The molecule has 0 spiro atoms. The summed E-state index contributed by atoms with van der Waals surface area (Å²) < 4.78 is 15.5. The molecule has 0 saturated heterocycles. The fourth-order valence-corrected chi connectivity index (χ4v) is 2.20. The van der Waals surface area contributed by atoms with E-state index in [0.29, 0.717) is 5.56 Å². The average molecular weight is 342 g/mol. The van der Waals surface area contributed by atoms with Crippen LogP contribution in [0.3, 0.4) is 0 Å². The molecular formula is C20H22O5. The standard InChI is InChI=1S/C20H22O5/c1-14-4-5-15(2)18(12-14)24-11-10-19(21)25-13-16-6-8-17(9-7-16)20(22)23-3/h4-9,12H,10-11,13H2,1-3H3. The predicted octanol–water partition coefficient (Wildman–Crippen LogP) is 3.60. The van der Waals surface area contributed by atoms with Gasteiger partial charge in [0.2, 0.25) is 0 Å². The van der Waals surface area contributed by atoms with Crippen LogP contribution in [0.25, 0.3) is 0 Å². The second-order valence-electron chi connectivity index (χ2n) is 5.72. The number of carbonyl (C=O) groups is 2. The molecule has 5 nitrogen and oxygen atoms in total. The van der Waals surface area contributed by atoms with E-state index in [4.69, 9.17) is 9.47 Å². The highest BCUT2D eigenvalue weighted by Crippen LogP contribution is 2.19. The summed E-state index contributed by atoms with van der Waals surface area (Å²) in [5.74, 6) is 0.0562. The second-order valence-corrected chi connectivity index (χ2v) is 5.72. The van der Waals surface area contributed by atoms with E-state index in [1.54, 1.807) is 24.3 Å². The molecule has 5 heteroatoms. The van der Waals surface area contributed by atoms with Crippen molar-refractivity contribution in [2.45, 2.75) is 26.9 Å². The minimum Gasteiger partial charge on any atom is -0.493 e. The summed E-state index contributed by atoms with van der Waals surface area (Å²) in [7, 11) is 1.33. The van der Waals surface area contributed by atoms with Gasteiger partial charge in [0.1, 0.15) is 12.4 Å². The maximum atomic E-state index is 11.8. The minimum absolute atomic E-state index is 0.157. The minimum atomic E-state index is -0.396. The maximum Gasteiger partial charge on any atom is 0.337 e.